The molecule has 0 radical (unpaired) electrons. The Labute approximate surface area is 204 Å². The molecule has 1 saturated heterocycles. The Hall–Kier alpha value is -3.78. The number of nitrogens with two attached hydrogens (primary N) is 1. The largest absolute Gasteiger partial charge is 0.385 e. The highest BCUT2D eigenvalue weighted by Crippen LogP contribution is 2.38. The number of morpholine rings is 1. The maximum atomic E-state index is 12.5. The van der Waals surface area contributed by atoms with Crippen LogP contribution in [0.5, 0.6) is 0 Å². The molecule has 35 heavy (non-hydrogen) atoms. The average Bonchev–Trinajstić information content (AvgIpc) is 2.89. The zero-order chi connectivity index (χ0) is 24.2. The molecule has 8 heteroatoms. The Morgan fingerprint density at radius 3 is 2.63 bits per heavy atom. The maximum absolute atomic E-state index is 12.5. The molecule has 1 amide bonds. The fraction of sp³-hybridized carbons (Fsp3) is 0.333. The van der Waals surface area contributed by atoms with E-state index in [1.165, 1.54) is 11.1 Å². The number of carbonyl (C=O) groups excluding carboxylic acids is 1. The summed E-state index contributed by atoms with van der Waals surface area (Å²) in [5, 5.41) is 4.45. The van der Waals surface area contributed by atoms with Gasteiger partial charge >= 0.3 is 0 Å². The number of amides is 1. The number of anilines is 1. The van der Waals surface area contributed by atoms with Gasteiger partial charge in [-0.05, 0) is 36.0 Å². The highest BCUT2D eigenvalue weighted by atomic mass is 16.6. The second kappa shape index (κ2) is 10.2. The van der Waals surface area contributed by atoms with Gasteiger partial charge in [0.2, 0.25) is 5.95 Å². The predicted octanol–water partition coefficient (Wildman–Crippen LogP) is 3.34. The molecule has 1 aliphatic carbocycles. The fourth-order valence-corrected chi connectivity index (χ4v) is 4.93. The van der Waals surface area contributed by atoms with Crippen LogP contribution in [0, 0.1) is 6.92 Å². The molecule has 0 spiro atoms. The molecule has 180 valence electrons. The van der Waals surface area contributed by atoms with Gasteiger partial charge in [0.05, 0.1) is 30.3 Å². The van der Waals surface area contributed by atoms with E-state index in [9.17, 15) is 4.79 Å². The molecule has 0 saturated carbocycles. The van der Waals surface area contributed by atoms with Crippen molar-refractivity contribution < 1.29 is 14.4 Å². The van der Waals surface area contributed by atoms with Crippen LogP contribution in [0.1, 0.15) is 34.9 Å². The maximum Gasteiger partial charge on any atom is 0.263 e. The zero-order valence-corrected chi connectivity index (χ0v) is 19.8. The number of aromatic nitrogens is 2. The van der Waals surface area contributed by atoms with E-state index in [4.69, 9.17) is 15.3 Å². The molecule has 1 aliphatic heterocycles. The molecule has 1 unspecified atom stereocenters. The molecule has 2 N–H and O–H groups in total. The first kappa shape index (κ1) is 23.0. The van der Waals surface area contributed by atoms with Gasteiger partial charge in [0.15, 0.2) is 6.61 Å². The van der Waals surface area contributed by atoms with Crippen LogP contribution in [0.3, 0.4) is 0 Å². The number of carbonyl (C=O) groups is 1. The van der Waals surface area contributed by atoms with Crippen LogP contribution in [-0.4, -0.2) is 59.4 Å². The number of aryl methyl sites for hydroxylation is 1. The lowest BCUT2D eigenvalue weighted by molar-refractivity contribution is -0.140. The number of benzene rings is 2. The van der Waals surface area contributed by atoms with Crippen molar-refractivity contribution in [1.82, 2.24) is 14.9 Å². The van der Waals surface area contributed by atoms with Gasteiger partial charge in [0, 0.05) is 25.1 Å². The summed E-state index contributed by atoms with van der Waals surface area (Å²) >= 11 is 0. The van der Waals surface area contributed by atoms with E-state index < -0.39 is 0 Å². The van der Waals surface area contributed by atoms with Gasteiger partial charge in [0.25, 0.3) is 5.91 Å². The summed E-state index contributed by atoms with van der Waals surface area (Å²) in [6.07, 6.45) is 1.37. The van der Waals surface area contributed by atoms with Crippen LogP contribution in [0.4, 0.5) is 5.95 Å². The van der Waals surface area contributed by atoms with Gasteiger partial charge in [-0.25, -0.2) is 9.97 Å². The molecule has 2 aliphatic rings. The van der Waals surface area contributed by atoms with Gasteiger partial charge < -0.3 is 20.2 Å². The van der Waals surface area contributed by atoms with Crippen molar-refractivity contribution in [2.24, 2.45) is 5.16 Å². The summed E-state index contributed by atoms with van der Waals surface area (Å²) in [5.74, 6) is 0.288. The smallest absolute Gasteiger partial charge is 0.263 e. The lowest BCUT2D eigenvalue weighted by Crippen LogP contribution is -2.42. The Morgan fingerprint density at radius 2 is 1.83 bits per heavy atom. The minimum Gasteiger partial charge on any atom is -0.385 e. The minimum atomic E-state index is -0.112. The van der Waals surface area contributed by atoms with E-state index in [1.54, 1.807) is 4.90 Å². The molecule has 0 bridgehead atoms. The third-order valence-electron chi connectivity index (χ3n) is 6.56. The van der Waals surface area contributed by atoms with Crippen LogP contribution < -0.4 is 5.73 Å². The van der Waals surface area contributed by atoms with Gasteiger partial charge in [-0.2, -0.15) is 0 Å². The average molecular weight is 472 g/mol. The molecule has 3 aromatic rings. The summed E-state index contributed by atoms with van der Waals surface area (Å²) < 4.78 is 5.32. The highest BCUT2D eigenvalue weighted by Gasteiger charge is 2.30. The van der Waals surface area contributed by atoms with Crippen molar-refractivity contribution in [3.05, 3.63) is 77.1 Å². The van der Waals surface area contributed by atoms with E-state index in [1.807, 2.05) is 25.1 Å². The number of rotatable bonds is 5. The molecule has 8 nitrogen and oxygen atoms in total. The lowest BCUT2D eigenvalue weighted by Gasteiger charge is -2.28. The number of nitrogens with zero attached hydrogens (tertiary/aromatic N) is 4. The quantitative estimate of drug-likeness (QED) is 0.573. The Morgan fingerprint density at radius 1 is 1.09 bits per heavy atom. The fourth-order valence-electron chi connectivity index (χ4n) is 4.93. The summed E-state index contributed by atoms with van der Waals surface area (Å²) in [6.45, 7) is 4.04. The number of oxime groups is 1. The van der Waals surface area contributed by atoms with Crippen molar-refractivity contribution in [2.45, 2.75) is 25.7 Å². The standard InChI is InChI=1S/C27H29N5O3/c1-18-26-23(30-27(28)29-18)15-20(22-10-6-5-9-21(22)19-7-3-2-4-8-19)16-24(26)31-35-17-25(33)32-11-13-34-14-12-32/h2-10,20H,11-17H2,1H3,(H2,28,29,30). The van der Waals surface area contributed by atoms with Crippen LogP contribution in [0.25, 0.3) is 11.1 Å². The summed E-state index contributed by atoms with van der Waals surface area (Å²) in [5.41, 5.74) is 12.8. The van der Waals surface area contributed by atoms with Crippen molar-refractivity contribution in [1.29, 1.82) is 0 Å². The number of hydrogen-bond acceptors (Lipinski definition) is 7. The second-order valence-electron chi connectivity index (χ2n) is 8.85. The van der Waals surface area contributed by atoms with Gasteiger partial charge in [0.1, 0.15) is 0 Å². The first-order valence-electron chi connectivity index (χ1n) is 11.9. The van der Waals surface area contributed by atoms with Gasteiger partial charge in [-0.1, -0.05) is 59.8 Å². The van der Waals surface area contributed by atoms with E-state index >= 15 is 0 Å². The predicted molar refractivity (Wildman–Crippen MR) is 134 cm³/mol. The highest BCUT2D eigenvalue weighted by molar-refractivity contribution is 6.03. The SMILES string of the molecule is Cc1nc(N)nc2c1C(=NOCC(=O)N1CCOCC1)CC(c1ccccc1-c1ccccc1)C2. The molecule has 2 heterocycles. The third kappa shape index (κ3) is 5.02. The normalized spacial score (nSPS) is 18.8. The van der Waals surface area contributed by atoms with Crippen LogP contribution >= 0.6 is 0 Å². The van der Waals surface area contributed by atoms with E-state index in [2.05, 4.69) is 51.5 Å². The summed E-state index contributed by atoms with van der Waals surface area (Å²) in [6, 6.07) is 18.8. The first-order chi connectivity index (χ1) is 17.1. The zero-order valence-electron chi connectivity index (χ0n) is 19.8. The molecule has 1 aromatic heterocycles. The molecular weight excluding hydrogens is 442 g/mol. The Kier molecular flexibility index (Phi) is 6.72. The monoisotopic (exact) mass is 471 g/mol. The lowest BCUT2D eigenvalue weighted by atomic mass is 9.78. The van der Waals surface area contributed by atoms with Gasteiger partial charge in [-0.3, -0.25) is 4.79 Å². The minimum absolute atomic E-state index is 0.0927. The van der Waals surface area contributed by atoms with Crippen LogP contribution in [0.2, 0.25) is 0 Å². The van der Waals surface area contributed by atoms with E-state index in [0.717, 1.165) is 34.6 Å². The Bertz CT molecular complexity index is 1240. The second-order valence-corrected chi connectivity index (χ2v) is 8.85. The molecule has 2 aromatic carbocycles. The Balaban J connectivity index is 1.45. The van der Waals surface area contributed by atoms with E-state index in [-0.39, 0.29) is 24.4 Å². The van der Waals surface area contributed by atoms with Crippen molar-refractivity contribution >= 4 is 17.6 Å². The van der Waals surface area contributed by atoms with Crippen molar-refractivity contribution in [3.63, 3.8) is 0 Å². The summed E-state index contributed by atoms with van der Waals surface area (Å²) in [4.78, 5) is 28.8. The molecule has 1 atom stereocenters. The third-order valence-corrected chi connectivity index (χ3v) is 6.56. The number of ether oxygens (including phenoxy) is 1. The van der Waals surface area contributed by atoms with Gasteiger partial charge in [-0.15, -0.1) is 0 Å². The number of fused-ring (bicyclic) bond motifs is 1. The number of nitrogen functional groups attached to an aromatic ring is 1. The molecule has 1 fully saturated rings. The molecular formula is C27H29N5O3. The van der Waals surface area contributed by atoms with Crippen molar-refractivity contribution in [2.75, 3.05) is 38.6 Å². The van der Waals surface area contributed by atoms with Crippen LogP contribution in [0.15, 0.2) is 59.8 Å². The van der Waals surface area contributed by atoms with Crippen molar-refractivity contribution in [3.8, 4) is 11.1 Å². The van der Waals surface area contributed by atoms with Crippen LogP contribution in [-0.2, 0) is 20.8 Å². The number of hydrogen-bond donors (Lipinski definition) is 1. The topological polar surface area (TPSA) is 103 Å². The first-order valence-corrected chi connectivity index (χ1v) is 11.9. The summed E-state index contributed by atoms with van der Waals surface area (Å²) in [7, 11) is 0. The van der Waals surface area contributed by atoms with E-state index in [0.29, 0.717) is 32.7 Å². The molecule has 5 rings (SSSR count).